The molecule has 1 fully saturated rings. The Labute approximate surface area is 221 Å². The molecule has 0 aliphatic carbocycles. The molecule has 2 aliphatic rings. The van der Waals surface area contributed by atoms with E-state index < -0.39 is 46.9 Å². The molecule has 0 aromatic carbocycles. The Morgan fingerprint density at radius 3 is 2.62 bits per heavy atom. The fourth-order valence-corrected chi connectivity index (χ4v) is 5.81. The van der Waals surface area contributed by atoms with Crippen molar-refractivity contribution in [1.29, 1.82) is 0 Å². The Morgan fingerprint density at radius 1 is 1.32 bits per heavy atom. The van der Waals surface area contributed by atoms with Crippen LogP contribution < -0.4 is 11.1 Å². The minimum Gasteiger partial charge on any atom is -0.477 e. The molecule has 14 heteroatoms. The second-order valence-corrected chi connectivity index (χ2v) is 11.2. The van der Waals surface area contributed by atoms with Gasteiger partial charge in [-0.25, -0.2) is 14.6 Å². The number of carboxylic acids is 1. The maximum Gasteiger partial charge on any atom is 0.404 e. The lowest BCUT2D eigenvalue weighted by Crippen LogP contribution is -2.70. The largest absolute Gasteiger partial charge is 0.477 e. The summed E-state index contributed by atoms with van der Waals surface area (Å²) in [4.78, 5) is 66.4. The number of amides is 3. The number of hydrogen-bond donors (Lipinski definition) is 3. The number of allylic oxidation sites excluding steroid dienone is 1. The summed E-state index contributed by atoms with van der Waals surface area (Å²) in [5.74, 6) is -2.75. The highest BCUT2D eigenvalue weighted by molar-refractivity contribution is 8.00. The number of aromatic nitrogens is 1. The number of primary amides is 1. The number of nitrogens with zero attached hydrogens (tertiary/aromatic N) is 2. The van der Waals surface area contributed by atoms with Crippen molar-refractivity contribution in [2.75, 3.05) is 12.4 Å². The highest BCUT2D eigenvalue weighted by atomic mass is 32.2. The maximum absolute atomic E-state index is 13.1. The highest BCUT2D eigenvalue weighted by Gasteiger charge is 2.54. The molecule has 0 saturated carbocycles. The van der Waals surface area contributed by atoms with Gasteiger partial charge in [0.25, 0.3) is 11.8 Å². The van der Waals surface area contributed by atoms with Crippen molar-refractivity contribution in [2.24, 2.45) is 5.73 Å². The average molecular weight is 553 g/mol. The van der Waals surface area contributed by atoms with Gasteiger partial charge in [-0.15, -0.1) is 23.1 Å². The van der Waals surface area contributed by atoms with E-state index in [4.69, 9.17) is 15.2 Å². The molecule has 2 atom stereocenters. The average Bonchev–Trinajstić information content (AvgIpc) is 3.24. The topological polar surface area (TPSA) is 178 Å². The van der Waals surface area contributed by atoms with Crippen LogP contribution in [0.2, 0.25) is 0 Å². The minimum absolute atomic E-state index is 0.0379. The molecule has 3 amide bonds. The first-order valence-electron chi connectivity index (χ1n) is 11.3. The molecular formula is C23H28N4O8S2. The molecule has 4 N–H and O–H groups in total. The van der Waals surface area contributed by atoms with Crippen LogP contribution in [0.5, 0.6) is 0 Å². The number of carbonyl (C=O) groups is 5. The first-order valence-corrected chi connectivity index (χ1v) is 13.2. The number of rotatable bonds is 9. The van der Waals surface area contributed by atoms with Crippen LogP contribution in [0.15, 0.2) is 22.7 Å². The number of nitrogens with one attached hydrogen (secondary N) is 1. The number of thiazole rings is 1. The highest BCUT2D eigenvalue weighted by Crippen LogP contribution is 2.40. The summed E-state index contributed by atoms with van der Waals surface area (Å²) in [5.41, 5.74) is 4.89. The van der Waals surface area contributed by atoms with E-state index in [1.54, 1.807) is 32.2 Å². The van der Waals surface area contributed by atoms with Gasteiger partial charge in [0, 0.05) is 16.7 Å². The van der Waals surface area contributed by atoms with Gasteiger partial charge in [-0.1, -0.05) is 13.0 Å². The third-order valence-electron chi connectivity index (χ3n) is 5.12. The number of carboxylic acid groups (broad SMARTS) is 1. The zero-order chi connectivity index (χ0) is 27.5. The van der Waals surface area contributed by atoms with Crippen LogP contribution in [0, 0.1) is 0 Å². The van der Waals surface area contributed by atoms with E-state index in [1.165, 1.54) is 23.1 Å². The minimum atomic E-state index is -1.35. The van der Waals surface area contributed by atoms with E-state index in [-0.39, 0.29) is 35.6 Å². The molecule has 200 valence electrons. The fourth-order valence-electron chi connectivity index (χ4n) is 3.71. The summed E-state index contributed by atoms with van der Waals surface area (Å²) in [6, 6.07) is -0.953. The van der Waals surface area contributed by atoms with Crippen LogP contribution in [-0.4, -0.2) is 74.2 Å². The van der Waals surface area contributed by atoms with Gasteiger partial charge in [0.2, 0.25) is 0 Å². The number of nitrogens with two attached hydrogens (primary N) is 1. The van der Waals surface area contributed by atoms with Crippen LogP contribution >= 0.6 is 23.1 Å². The number of aliphatic carboxylic acids is 1. The van der Waals surface area contributed by atoms with Crippen molar-refractivity contribution in [3.63, 3.8) is 0 Å². The predicted octanol–water partition coefficient (Wildman–Crippen LogP) is 1.65. The van der Waals surface area contributed by atoms with E-state index in [0.717, 1.165) is 4.90 Å². The van der Waals surface area contributed by atoms with Gasteiger partial charge in [0.15, 0.2) is 0 Å². The molecule has 3 heterocycles. The number of thioether (sulfide) groups is 1. The monoisotopic (exact) mass is 552 g/mol. The first-order chi connectivity index (χ1) is 17.3. The maximum atomic E-state index is 13.1. The third kappa shape index (κ3) is 6.68. The quantitative estimate of drug-likeness (QED) is 0.232. The van der Waals surface area contributed by atoms with Crippen molar-refractivity contribution in [3.8, 4) is 0 Å². The number of carbonyl (C=O) groups excluding carboxylic acids is 4. The Bertz CT molecular complexity index is 1180. The van der Waals surface area contributed by atoms with E-state index in [1.807, 2.05) is 6.92 Å². The molecule has 0 spiro atoms. The molecule has 2 aliphatic heterocycles. The smallest absolute Gasteiger partial charge is 0.404 e. The van der Waals surface area contributed by atoms with Crippen LogP contribution in [0.4, 0.5) is 4.79 Å². The van der Waals surface area contributed by atoms with E-state index in [9.17, 15) is 29.1 Å². The zero-order valence-corrected chi connectivity index (χ0v) is 22.4. The number of ether oxygens (including phenoxy) is 2. The van der Waals surface area contributed by atoms with Crippen molar-refractivity contribution in [2.45, 2.75) is 57.6 Å². The number of hydrogen-bond acceptors (Lipinski definition) is 10. The molecule has 1 aromatic heterocycles. The summed E-state index contributed by atoms with van der Waals surface area (Å²) in [5, 5.41) is 13.8. The summed E-state index contributed by atoms with van der Waals surface area (Å²) in [6.07, 6.45) is 1.08. The van der Waals surface area contributed by atoms with Crippen LogP contribution in [0.25, 0.3) is 5.57 Å². The van der Waals surface area contributed by atoms with Crippen molar-refractivity contribution in [3.05, 3.63) is 33.4 Å². The molecular weight excluding hydrogens is 524 g/mol. The molecule has 37 heavy (non-hydrogen) atoms. The molecule has 3 rings (SSSR count). The molecule has 0 bridgehead atoms. The zero-order valence-electron chi connectivity index (χ0n) is 20.7. The summed E-state index contributed by atoms with van der Waals surface area (Å²) in [6.45, 7) is 6.79. The van der Waals surface area contributed by atoms with Gasteiger partial charge in [-0.2, -0.15) is 0 Å². The van der Waals surface area contributed by atoms with Crippen molar-refractivity contribution < 1.29 is 38.6 Å². The summed E-state index contributed by atoms with van der Waals surface area (Å²) < 4.78 is 10.0. The van der Waals surface area contributed by atoms with E-state index in [0.29, 0.717) is 17.1 Å². The van der Waals surface area contributed by atoms with Gasteiger partial charge < -0.3 is 25.6 Å². The van der Waals surface area contributed by atoms with Crippen molar-refractivity contribution >= 4 is 58.5 Å². The fraction of sp³-hybridized carbons (Fsp3) is 0.478. The van der Waals surface area contributed by atoms with Gasteiger partial charge in [-0.3, -0.25) is 19.3 Å². The van der Waals surface area contributed by atoms with Crippen LogP contribution in [0.1, 0.15) is 44.8 Å². The second-order valence-electron chi connectivity index (χ2n) is 9.14. The molecule has 0 unspecified atom stereocenters. The Balaban J connectivity index is 1.72. The normalized spacial score (nSPS) is 19.6. The molecule has 0 radical (unpaired) electrons. The number of esters is 1. The molecule has 12 nitrogen and oxygen atoms in total. The lowest BCUT2D eigenvalue weighted by molar-refractivity contribution is -0.154. The molecule has 1 aromatic rings. The van der Waals surface area contributed by atoms with Gasteiger partial charge in [-0.05, 0) is 27.2 Å². The predicted molar refractivity (Wildman–Crippen MR) is 135 cm³/mol. The van der Waals surface area contributed by atoms with Crippen LogP contribution in [0.3, 0.4) is 0 Å². The summed E-state index contributed by atoms with van der Waals surface area (Å²) >= 11 is 2.45. The standard InChI is InChI=1S/C23H28N4O8S2/c1-5-6-12(13-10-36-14(25-13)7-15(28)35-23(2,3)4)18(29)26-16-19(30)27-17(21(31)32)11(8-34-22(24)33)9-37-20(16)27/h6,10,16,20H,5,7-9H2,1-4H3,(H2,24,33)(H,26,29)(H,31,32)/b12-6+/t16-,20-/m1/s1. The first kappa shape index (κ1) is 28.2. The lowest BCUT2D eigenvalue weighted by Gasteiger charge is -2.49. The Kier molecular flexibility index (Phi) is 8.64. The third-order valence-corrected chi connectivity index (χ3v) is 7.31. The Hall–Kier alpha value is -3.39. The number of fused-ring (bicyclic) bond motifs is 1. The lowest BCUT2D eigenvalue weighted by atomic mass is 10.0. The van der Waals surface area contributed by atoms with E-state index >= 15 is 0 Å². The SMILES string of the molecule is CC/C=C(/C(=O)N[C@@H]1C(=O)N2C(C(=O)O)=C(COC(N)=O)CS[C@H]12)c1csc(CC(=O)OC(C)(C)C)n1. The van der Waals surface area contributed by atoms with Crippen LogP contribution in [-0.2, 0) is 35.1 Å². The number of β-lactam (4-membered cyclic amide) rings is 1. The van der Waals surface area contributed by atoms with Gasteiger partial charge in [0.1, 0.15) is 34.3 Å². The summed E-state index contributed by atoms with van der Waals surface area (Å²) in [7, 11) is 0. The Morgan fingerprint density at radius 2 is 2.03 bits per heavy atom. The van der Waals surface area contributed by atoms with Crippen molar-refractivity contribution in [1.82, 2.24) is 15.2 Å². The molecule has 1 saturated heterocycles. The van der Waals surface area contributed by atoms with Gasteiger partial charge >= 0.3 is 18.0 Å². The second kappa shape index (κ2) is 11.3. The van der Waals surface area contributed by atoms with Gasteiger partial charge in [0.05, 0.1) is 17.7 Å². The van der Waals surface area contributed by atoms with E-state index in [2.05, 4.69) is 10.3 Å².